The lowest BCUT2D eigenvalue weighted by atomic mass is 9.85. The molecule has 0 spiro atoms. The molecule has 1 aromatic rings. The Kier molecular flexibility index (Phi) is 7.03. The largest absolute Gasteiger partial charge is 0.325 e. The lowest BCUT2D eigenvalue weighted by molar-refractivity contribution is -0.115. The van der Waals surface area contributed by atoms with Crippen LogP contribution in [0.5, 0.6) is 0 Å². The standard InChI is InChI=1S/C16H25ClN2O/c1-11(2)15(12(3)4)9-18-10-16(20)19-14-7-5-6-13(17)8-14/h5-8,11-12,15,18H,9-10H2,1-4H3,(H,19,20). The predicted molar refractivity (Wildman–Crippen MR) is 86.1 cm³/mol. The van der Waals surface area contributed by atoms with Gasteiger partial charge in [0.05, 0.1) is 6.54 Å². The highest BCUT2D eigenvalue weighted by Crippen LogP contribution is 2.19. The van der Waals surface area contributed by atoms with Crippen LogP contribution in [0.4, 0.5) is 5.69 Å². The van der Waals surface area contributed by atoms with Crippen LogP contribution in [0.3, 0.4) is 0 Å². The molecule has 0 aromatic heterocycles. The lowest BCUT2D eigenvalue weighted by Gasteiger charge is -2.25. The molecule has 1 aromatic carbocycles. The van der Waals surface area contributed by atoms with Crippen LogP contribution in [0.15, 0.2) is 24.3 Å². The Morgan fingerprint density at radius 2 is 1.85 bits per heavy atom. The molecule has 0 bridgehead atoms. The van der Waals surface area contributed by atoms with Crippen molar-refractivity contribution in [2.45, 2.75) is 27.7 Å². The minimum absolute atomic E-state index is 0.0430. The van der Waals surface area contributed by atoms with Gasteiger partial charge in [-0.2, -0.15) is 0 Å². The van der Waals surface area contributed by atoms with Crippen molar-refractivity contribution in [1.29, 1.82) is 0 Å². The highest BCUT2D eigenvalue weighted by Gasteiger charge is 2.17. The number of anilines is 1. The number of hydrogen-bond donors (Lipinski definition) is 2. The molecule has 0 radical (unpaired) electrons. The number of carbonyl (C=O) groups excluding carboxylic acids is 1. The van der Waals surface area contributed by atoms with Crippen LogP contribution < -0.4 is 10.6 Å². The summed E-state index contributed by atoms with van der Waals surface area (Å²) in [6.45, 7) is 10.1. The monoisotopic (exact) mass is 296 g/mol. The molecule has 0 unspecified atom stereocenters. The number of halogens is 1. The van der Waals surface area contributed by atoms with E-state index in [1.54, 1.807) is 12.1 Å². The van der Waals surface area contributed by atoms with Crippen LogP contribution in [0, 0.1) is 17.8 Å². The second kappa shape index (κ2) is 8.28. The van der Waals surface area contributed by atoms with Gasteiger partial charge >= 0.3 is 0 Å². The second-order valence-electron chi connectivity index (χ2n) is 5.84. The number of nitrogens with one attached hydrogen (secondary N) is 2. The summed E-state index contributed by atoms with van der Waals surface area (Å²) in [4.78, 5) is 11.8. The molecule has 0 aliphatic rings. The van der Waals surface area contributed by atoms with E-state index >= 15 is 0 Å². The van der Waals surface area contributed by atoms with E-state index in [1.165, 1.54) is 0 Å². The molecule has 20 heavy (non-hydrogen) atoms. The minimum atomic E-state index is -0.0430. The number of benzene rings is 1. The predicted octanol–water partition coefficient (Wildman–Crippen LogP) is 3.80. The summed E-state index contributed by atoms with van der Waals surface area (Å²) in [6.07, 6.45) is 0. The summed E-state index contributed by atoms with van der Waals surface area (Å²) in [6, 6.07) is 7.17. The molecule has 4 heteroatoms. The van der Waals surface area contributed by atoms with Crippen molar-refractivity contribution in [3.05, 3.63) is 29.3 Å². The van der Waals surface area contributed by atoms with Gasteiger partial charge in [-0.3, -0.25) is 4.79 Å². The van der Waals surface area contributed by atoms with Gasteiger partial charge in [0.2, 0.25) is 5.91 Å². The maximum atomic E-state index is 11.8. The number of hydrogen-bond acceptors (Lipinski definition) is 2. The van der Waals surface area contributed by atoms with Crippen molar-refractivity contribution in [3.8, 4) is 0 Å². The van der Waals surface area contributed by atoms with E-state index in [1.807, 2.05) is 12.1 Å². The summed E-state index contributed by atoms with van der Waals surface area (Å²) < 4.78 is 0. The third-order valence-electron chi connectivity index (χ3n) is 3.49. The zero-order chi connectivity index (χ0) is 15.1. The van der Waals surface area contributed by atoms with Gasteiger partial charge in [-0.05, 0) is 42.5 Å². The van der Waals surface area contributed by atoms with E-state index < -0.39 is 0 Å². The molecule has 0 aliphatic carbocycles. The van der Waals surface area contributed by atoms with E-state index in [4.69, 9.17) is 11.6 Å². The van der Waals surface area contributed by atoms with Crippen molar-refractivity contribution in [1.82, 2.24) is 5.32 Å². The Balaban J connectivity index is 2.36. The van der Waals surface area contributed by atoms with Crippen LogP contribution in [-0.4, -0.2) is 19.0 Å². The first kappa shape index (κ1) is 17.0. The van der Waals surface area contributed by atoms with Gasteiger partial charge in [-0.1, -0.05) is 45.4 Å². The average molecular weight is 297 g/mol. The van der Waals surface area contributed by atoms with Crippen molar-refractivity contribution < 1.29 is 4.79 Å². The fourth-order valence-electron chi connectivity index (χ4n) is 2.36. The molecule has 0 heterocycles. The Morgan fingerprint density at radius 1 is 1.20 bits per heavy atom. The van der Waals surface area contributed by atoms with Gasteiger partial charge in [-0.25, -0.2) is 0 Å². The number of rotatable bonds is 7. The summed E-state index contributed by atoms with van der Waals surface area (Å²) in [7, 11) is 0. The third kappa shape index (κ3) is 5.93. The normalized spacial score (nSPS) is 11.4. The Hall–Kier alpha value is -1.06. The Bertz CT molecular complexity index is 424. The summed E-state index contributed by atoms with van der Waals surface area (Å²) in [5, 5.41) is 6.69. The van der Waals surface area contributed by atoms with E-state index in [2.05, 4.69) is 38.3 Å². The van der Waals surface area contributed by atoms with Crippen LogP contribution in [-0.2, 0) is 4.79 Å². The van der Waals surface area contributed by atoms with Gasteiger partial charge < -0.3 is 10.6 Å². The quantitative estimate of drug-likeness (QED) is 0.803. The summed E-state index contributed by atoms with van der Waals surface area (Å²) in [5.74, 6) is 1.75. The maximum Gasteiger partial charge on any atom is 0.238 e. The lowest BCUT2D eigenvalue weighted by Crippen LogP contribution is -2.35. The molecular weight excluding hydrogens is 272 g/mol. The first-order chi connectivity index (χ1) is 9.40. The number of carbonyl (C=O) groups is 1. The molecule has 1 amide bonds. The Morgan fingerprint density at radius 3 is 2.40 bits per heavy atom. The Labute approximate surface area is 127 Å². The molecule has 2 N–H and O–H groups in total. The van der Waals surface area contributed by atoms with Crippen molar-refractivity contribution in [2.75, 3.05) is 18.4 Å². The van der Waals surface area contributed by atoms with E-state index in [9.17, 15) is 4.79 Å². The van der Waals surface area contributed by atoms with Crippen LogP contribution in [0.1, 0.15) is 27.7 Å². The van der Waals surface area contributed by atoms with Gasteiger partial charge in [0, 0.05) is 10.7 Å². The first-order valence-electron chi connectivity index (χ1n) is 7.16. The molecule has 0 saturated carbocycles. The van der Waals surface area contributed by atoms with Crippen molar-refractivity contribution >= 4 is 23.2 Å². The van der Waals surface area contributed by atoms with Crippen molar-refractivity contribution in [3.63, 3.8) is 0 Å². The summed E-state index contributed by atoms with van der Waals surface area (Å²) in [5.41, 5.74) is 0.730. The van der Waals surface area contributed by atoms with Gasteiger partial charge in [0.25, 0.3) is 0 Å². The van der Waals surface area contributed by atoms with Crippen LogP contribution in [0.2, 0.25) is 5.02 Å². The number of amides is 1. The zero-order valence-corrected chi connectivity index (χ0v) is 13.5. The SMILES string of the molecule is CC(C)C(CNCC(=O)Nc1cccc(Cl)c1)C(C)C. The molecule has 0 fully saturated rings. The average Bonchev–Trinajstić information content (AvgIpc) is 2.33. The van der Waals surface area contributed by atoms with Crippen molar-refractivity contribution in [2.24, 2.45) is 17.8 Å². The van der Waals surface area contributed by atoms with Crippen LogP contribution >= 0.6 is 11.6 Å². The van der Waals surface area contributed by atoms with E-state index in [-0.39, 0.29) is 5.91 Å². The fourth-order valence-corrected chi connectivity index (χ4v) is 2.56. The van der Waals surface area contributed by atoms with Crippen LogP contribution in [0.25, 0.3) is 0 Å². The zero-order valence-electron chi connectivity index (χ0n) is 12.7. The maximum absolute atomic E-state index is 11.8. The smallest absolute Gasteiger partial charge is 0.238 e. The van der Waals surface area contributed by atoms with Gasteiger partial charge in [-0.15, -0.1) is 0 Å². The molecule has 3 nitrogen and oxygen atoms in total. The van der Waals surface area contributed by atoms with Gasteiger partial charge in [0.15, 0.2) is 0 Å². The highest BCUT2D eigenvalue weighted by molar-refractivity contribution is 6.30. The van der Waals surface area contributed by atoms with E-state index in [0.29, 0.717) is 29.3 Å². The molecule has 0 atom stereocenters. The molecule has 0 saturated heterocycles. The van der Waals surface area contributed by atoms with E-state index in [0.717, 1.165) is 12.2 Å². The molecular formula is C16H25ClN2O. The minimum Gasteiger partial charge on any atom is -0.325 e. The molecule has 112 valence electrons. The van der Waals surface area contributed by atoms with Gasteiger partial charge in [0.1, 0.15) is 0 Å². The molecule has 0 aliphatic heterocycles. The third-order valence-corrected chi connectivity index (χ3v) is 3.72. The fraction of sp³-hybridized carbons (Fsp3) is 0.562. The second-order valence-corrected chi connectivity index (χ2v) is 6.28. The first-order valence-corrected chi connectivity index (χ1v) is 7.54. The highest BCUT2D eigenvalue weighted by atomic mass is 35.5. The molecule has 1 rings (SSSR count). The summed E-state index contributed by atoms with van der Waals surface area (Å²) >= 11 is 5.88. The topological polar surface area (TPSA) is 41.1 Å².